The van der Waals surface area contributed by atoms with Gasteiger partial charge in [-0.25, -0.2) is 0 Å². The van der Waals surface area contributed by atoms with Crippen molar-refractivity contribution in [3.63, 3.8) is 0 Å². The lowest BCUT2D eigenvalue weighted by Crippen LogP contribution is -2.34. The third-order valence-electron chi connectivity index (χ3n) is 3.54. The van der Waals surface area contributed by atoms with Crippen LogP contribution in [0.25, 0.3) is 0 Å². The highest BCUT2D eigenvalue weighted by Crippen LogP contribution is 2.28. The monoisotopic (exact) mass is 246 g/mol. The van der Waals surface area contributed by atoms with Gasteiger partial charge >= 0.3 is 0 Å². The van der Waals surface area contributed by atoms with Crippen molar-refractivity contribution in [2.45, 2.75) is 31.6 Å². The molecular weight excluding hydrogens is 228 g/mol. The third-order valence-corrected chi connectivity index (χ3v) is 3.54. The first-order chi connectivity index (χ1) is 8.83. The number of aliphatic hydroxyl groups is 1. The molecule has 3 rings (SSSR count). The molecule has 1 aromatic carbocycles. The summed E-state index contributed by atoms with van der Waals surface area (Å²) in [7, 11) is 0. The molecule has 2 aliphatic rings. The number of nitrogens with zero attached hydrogens (tertiary/aromatic N) is 1. The molecule has 1 unspecified atom stereocenters. The first-order valence-electron chi connectivity index (χ1n) is 6.53. The Morgan fingerprint density at radius 2 is 2.11 bits per heavy atom. The summed E-state index contributed by atoms with van der Waals surface area (Å²) in [6.07, 6.45) is 4.26. The van der Waals surface area contributed by atoms with Gasteiger partial charge in [-0.3, -0.25) is 4.99 Å². The van der Waals surface area contributed by atoms with E-state index in [-0.39, 0.29) is 0 Å². The van der Waals surface area contributed by atoms with E-state index < -0.39 is 6.23 Å². The number of nitrogens with one attached hydrogen (secondary N) is 1. The number of fused-ring (bicyclic) bond motifs is 1. The largest absolute Gasteiger partial charge is 0.490 e. The molecule has 1 saturated heterocycles. The fourth-order valence-electron chi connectivity index (χ4n) is 2.52. The molecule has 0 amide bonds. The van der Waals surface area contributed by atoms with Crippen molar-refractivity contribution in [3.8, 4) is 5.75 Å². The molecule has 2 N–H and O–H groups in total. The van der Waals surface area contributed by atoms with Gasteiger partial charge < -0.3 is 15.2 Å². The van der Waals surface area contributed by atoms with Crippen LogP contribution in [0, 0.1) is 0 Å². The maximum absolute atomic E-state index is 9.73. The van der Waals surface area contributed by atoms with Gasteiger partial charge in [-0.05, 0) is 43.6 Å². The number of rotatable bonds is 2. The molecule has 4 heteroatoms. The first kappa shape index (κ1) is 11.7. The van der Waals surface area contributed by atoms with E-state index in [4.69, 9.17) is 4.74 Å². The summed E-state index contributed by atoms with van der Waals surface area (Å²) in [6.45, 7) is 2.06. The Labute approximate surface area is 107 Å². The Morgan fingerprint density at radius 1 is 1.28 bits per heavy atom. The summed E-state index contributed by atoms with van der Waals surface area (Å²) >= 11 is 0. The highest BCUT2D eigenvalue weighted by atomic mass is 16.5. The van der Waals surface area contributed by atoms with Crippen molar-refractivity contribution in [3.05, 3.63) is 29.3 Å². The maximum Gasteiger partial charge on any atom is 0.171 e. The van der Waals surface area contributed by atoms with Crippen LogP contribution in [0.4, 0.5) is 0 Å². The van der Waals surface area contributed by atoms with Gasteiger partial charge in [0.25, 0.3) is 0 Å². The lowest BCUT2D eigenvalue weighted by Gasteiger charge is -2.25. The highest BCUT2D eigenvalue weighted by Gasteiger charge is 2.17. The number of aliphatic hydroxyl groups excluding tert-OH is 1. The number of aliphatic imine (C=N–C) groups is 1. The van der Waals surface area contributed by atoms with Gasteiger partial charge in [0.1, 0.15) is 11.9 Å². The van der Waals surface area contributed by atoms with E-state index in [1.807, 2.05) is 18.2 Å². The van der Waals surface area contributed by atoms with Crippen LogP contribution < -0.4 is 10.1 Å². The SMILES string of the molecule is OC1N=CCc2cc(OC3CCNCC3)ccc21. The number of hydrogen-bond acceptors (Lipinski definition) is 4. The van der Waals surface area contributed by atoms with Crippen molar-refractivity contribution in [1.29, 1.82) is 0 Å². The molecular formula is C14H18N2O2. The second kappa shape index (κ2) is 5.08. The van der Waals surface area contributed by atoms with Crippen molar-refractivity contribution in [2.75, 3.05) is 13.1 Å². The Balaban J connectivity index is 1.74. The summed E-state index contributed by atoms with van der Waals surface area (Å²) in [5.74, 6) is 0.906. The average molecular weight is 246 g/mol. The zero-order chi connectivity index (χ0) is 12.4. The van der Waals surface area contributed by atoms with Crippen molar-refractivity contribution in [2.24, 2.45) is 4.99 Å². The number of benzene rings is 1. The van der Waals surface area contributed by atoms with Crippen LogP contribution >= 0.6 is 0 Å². The van der Waals surface area contributed by atoms with Crippen LogP contribution in [0.15, 0.2) is 23.2 Å². The highest BCUT2D eigenvalue weighted by molar-refractivity contribution is 5.65. The molecule has 0 spiro atoms. The minimum absolute atomic E-state index is 0.312. The predicted octanol–water partition coefficient (Wildman–Crippen LogP) is 1.44. The summed E-state index contributed by atoms with van der Waals surface area (Å²) in [6, 6.07) is 5.89. The molecule has 0 aromatic heterocycles. The molecule has 0 saturated carbocycles. The van der Waals surface area contributed by atoms with Gasteiger partial charge in [0, 0.05) is 18.2 Å². The zero-order valence-corrected chi connectivity index (χ0v) is 10.3. The topological polar surface area (TPSA) is 53.9 Å². The number of ether oxygens (including phenoxy) is 1. The Bertz CT molecular complexity index is 453. The number of hydrogen-bond donors (Lipinski definition) is 2. The van der Waals surface area contributed by atoms with Crippen LogP contribution in [0.3, 0.4) is 0 Å². The fourth-order valence-corrected chi connectivity index (χ4v) is 2.52. The van der Waals surface area contributed by atoms with Gasteiger partial charge in [-0.15, -0.1) is 0 Å². The minimum Gasteiger partial charge on any atom is -0.490 e. The standard InChI is InChI=1S/C14H18N2O2/c17-14-13-2-1-12(9-10(13)3-8-16-14)18-11-4-6-15-7-5-11/h1-2,8-9,11,14-15,17H,3-7H2. The lowest BCUT2D eigenvalue weighted by atomic mass is 10.0. The second-order valence-corrected chi connectivity index (χ2v) is 4.84. The molecule has 2 aliphatic heterocycles. The third kappa shape index (κ3) is 2.40. The Morgan fingerprint density at radius 3 is 2.94 bits per heavy atom. The van der Waals surface area contributed by atoms with Gasteiger partial charge in [0.15, 0.2) is 6.23 Å². The summed E-state index contributed by atoms with van der Waals surface area (Å²) < 4.78 is 5.99. The lowest BCUT2D eigenvalue weighted by molar-refractivity contribution is 0.161. The normalized spacial score (nSPS) is 23.7. The molecule has 4 nitrogen and oxygen atoms in total. The van der Waals surface area contributed by atoms with Gasteiger partial charge in [-0.2, -0.15) is 0 Å². The van der Waals surface area contributed by atoms with Crippen LogP contribution in [-0.4, -0.2) is 30.5 Å². The van der Waals surface area contributed by atoms with E-state index >= 15 is 0 Å². The average Bonchev–Trinajstić information content (AvgIpc) is 2.40. The molecule has 0 radical (unpaired) electrons. The Kier molecular flexibility index (Phi) is 3.30. The molecule has 1 fully saturated rings. The summed E-state index contributed by atoms with van der Waals surface area (Å²) in [4.78, 5) is 4.00. The van der Waals surface area contributed by atoms with E-state index in [0.717, 1.165) is 49.2 Å². The van der Waals surface area contributed by atoms with Crippen LogP contribution in [0.5, 0.6) is 5.75 Å². The Hall–Kier alpha value is -1.39. The molecule has 2 heterocycles. The summed E-state index contributed by atoms with van der Waals surface area (Å²) in [5.41, 5.74) is 2.01. The van der Waals surface area contributed by atoms with Crippen LogP contribution in [-0.2, 0) is 6.42 Å². The molecule has 18 heavy (non-hydrogen) atoms. The molecule has 96 valence electrons. The van der Waals surface area contributed by atoms with Gasteiger partial charge in [0.05, 0.1) is 0 Å². The van der Waals surface area contributed by atoms with E-state index in [1.165, 1.54) is 0 Å². The fraction of sp³-hybridized carbons (Fsp3) is 0.500. The quantitative estimate of drug-likeness (QED) is 0.830. The van der Waals surface area contributed by atoms with E-state index in [0.29, 0.717) is 6.10 Å². The van der Waals surface area contributed by atoms with Gasteiger partial charge in [0.2, 0.25) is 0 Å². The smallest absolute Gasteiger partial charge is 0.171 e. The van der Waals surface area contributed by atoms with Crippen LogP contribution in [0.1, 0.15) is 30.2 Å². The predicted molar refractivity (Wildman–Crippen MR) is 70.1 cm³/mol. The molecule has 0 aliphatic carbocycles. The van der Waals surface area contributed by atoms with E-state index in [9.17, 15) is 5.11 Å². The molecule has 1 atom stereocenters. The molecule has 0 bridgehead atoms. The second-order valence-electron chi connectivity index (χ2n) is 4.84. The van der Waals surface area contributed by atoms with Crippen molar-refractivity contribution in [1.82, 2.24) is 5.32 Å². The maximum atomic E-state index is 9.73. The van der Waals surface area contributed by atoms with E-state index in [1.54, 1.807) is 6.21 Å². The van der Waals surface area contributed by atoms with E-state index in [2.05, 4.69) is 10.3 Å². The number of piperidine rings is 1. The van der Waals surface area contributed by atoms with Crippen molar-refractivity contribution < 1.29 is 9.84 Å². The molecule has 1 aromatic rings. The first-order valence-corrected chi connectivity index (χ1v) is 6.53. The van der Waals surface area contributed by atoms with Crippen LogP contribution in [0.2, 0.25) is 0 Å². The minimum atomic E-state index is -0.707. The van der Waals surface area contributed by atoms with Gasteiger partial charge in [-0.1, -0.05) is 6.07 Å². The zero-order valence-electron chi connectivity index (χ0n) is 10.3. The van der Waals surface area contributed by atoms with Crippen molar-refractivity contribution >= 4 is 6.21 Å². The summed E-state index contributed by atoms with van der Waals surface area (Å²) in [5, 5.41) is 13.1.